The number of aromatic nitrogens is 2. The summed E-state index contributed by atoms with van der Waals surface area (Å²) in [6.45, 7) is 5.82. The Bertz CT molecular complexity index is 2090. The van der Waals surface area contributed by atoms with E-state index in [9.17, 15) is 22.8 Å². The number of thiazole rings is 1. The van der Waals surface area contributed by atoms with Gasteiger partial charge in [-0.05, 0) is 63.0 Å². The van der Waals surface area contributed by atoms with E-state index in [1.54, 1.807) is 27.3 Å². The normalized spacial score (nSPS) is 26.7. The van der Waals surface area contributed by atoms with Crippen molar-refractivity contribution in [3.8, 4) is 22.2 Å². The third-order valence-electron chi connectivity index (χ3n) is 10.7. The minimum absolute atomic E-state index is 0.0501. The highest BCUT2D eigenvalue weighted by Crippen LogP contribution is 2.49. The first-order valence-corrected chi connectivity index (χ1v) is 19.9. The number of carbonyl (C=O) groups excluding carboxylic acids is 3. The van der Waals surface area contributed by atoms with Gasteiger partial charge in [-0.1, -0.05) is 32.1 Å². The maximum absolute atomic E-state index is 14.2. The molecule has 1 saturated heterocycles. The summed E-state index contributed by atoms with van der Waals surface area (Å²) in [5, 5.41) is 6.40. The molecule has 52 heavy (non-hydrogen) atoms. The van der Waals surface area contributed by atoms with Crippen LogP contribution in [0.4, 0.5) is 4.79 Å². The smallest absolute Gasteiger partial charge is 0.319 e. The van der Waals surface area contributed by atoms with E-state index in [2.05, 4.69) is 23.9 Å². The lowest BCUT2D eigenvalue weighted by atomic mass is 9.92. The molecule has 2 aromatic heterocycles. The van der Waals surface area contributed by atoms with Gasteiger partial charge < -0.3 is 24.6 Å². The number of hydrogen-bond acceptors (Lipinski definition) is 10. The lowest BCUT2D eigenvalue weighted by molar-refractivity contribution is -0.139. The molecule has 1 aromatic carbocycles. The summed E-state index contributed by atoms with van der Waals surface area (Å²) in [6.07, 6.45) is 9.97. The molecule has 4 amide bonds. The van der Waals surface area contributed by atoms with E-state index >= 15 is 0 Å². The molecule has 3 fully saturated rings. The van der Waals surface area contributed by atoms with Crippen LogP contribution < -0.4 is 19.5 Å². The van der Waals surface area contributed by atoms with E-state index in [4.69, 9.17) is 19.4 Å². The van der Waals surface area contributed by atoms with Crippen LogP contribution in [-0.4, -0.2) is 89.2 Å². The Morgan fingerprint density at radius 1 is 1.15 bits per heavy atom. The number of amides is 4. The van der Waals surface area contributed by atoms with Crippen LogP contribution in [0.1, 0.15) is 70.9 Å². The van der Waals surface area contributed by atoms with E-state index in [1.165, 1.54) is 21.1 Å². The van der Waals surface area contributed by atoms with Crippen molar-refractivity contribution in [3.05, 3.63) is 59.8 Å². The highest BCUT2D eigenvalue weighted by molar-refractivity contribution is 7.91. The number of methoxy groups -OCH3 is 1. The molecule has 2 aliphatic heterocycles. The molecule has 4 heterocycles. The zero-order chi connectivity index (χ0) is 37.0. The summed E-state index contributed by atoms with van der Waals surface area (Å²) in [5.74, 6) is 0.0784. The van der Waals surface area contributed by atoms with Gasteiger partial charge in [-0.3, -0.25) is 14.3 Å². The second-order valence-corrected chi connectivity index (χ2v) is 17.8. The molecule has 4 aliphatic rings. The minimum atomic E-state index is -3.94. The number of nitrogens with one attached hydrogen (secondary N) is 2. The zero-order valence-electron chi connectivity index (χ0n) is 29.9. The lowest BCUT2D eigenvalue weighted by Crippen LogP contribution is -2.69. The number of pyridine rings is 1. The average molecular weight is 749 g/mol. The summed E-state index contributed by atoms with van der Waals surface area (Å²) in [4.78, 5) is 54.1. The molecule has 2 N–H and O–H groups in total. The quantitative estimate of drug-likeness (QED) is 0.284. The highest BCUT2D eigenvalue weighted by atomic mass is 32.2. The summed E-state index contributed by atoms with van der Waals surface area (Å²) in [7, 11) is -0.706. The number of fused-ring (bicyclic) bond motifs is 3. The van der Waals surface area contributed by atoms with Crippen LogP contribution in [-0.2, 0) is 19.6 Å². The van der Waals surface area contributed by atoms with Gasteiger partial charge in [-0.15, -0.1) is 11.3 Å². The fourth-order valence-corrected chi connectivity index (χ4v) is 9.02. The van der Waals surface area contributed by atoms with Crippen molar-refractivity contribution < 1.29 is 32.3 Å². The summed E-state index contributed by atoms with van der Waals surface area (Å²) >= 11 is 1.50. The Balaban J connectivity index is 1.17. The van der Waals surface area contributed by atoms with Crippen molar-refractivity contribution in [2.45, 2.75) is 87.6 Å². The van der Waals surface area contributed by atoms with Gasteiger partial charge in [0.05, 0.1) is 29.1 Å². The van der Waals surface area contributed by atoms with Crippen molar-refractivity contribution in [2.75, 3.05) is 20.8 Å². The number of allylic oxidation sites excluding steroid dienone is 3. The van der Waals surface area contributed by atoms with Gasteiger partial charge >= 0.3 is 6.03 Å². The summed E-state index contributed by atoms with van der Waals surface area (Å²) in [6, 6.07) is 5.39. The SMILES string of the molecule is COc1ccc2c(OC[C@@H]3C[C@H]4C(=O)N(C)/C=C\C/C=C/C[C@@H]5C[C@@]5(C(=O)NS(=O)(=O)C5(C)CC5)NC(=O)N34)cc(-c3nc(C(C)C)cs3)nc2c1. The maximum atomic E-state index is 14.2. The first-order valence-electron chi connectivity index (χ1n) is 17.6. The molecule has 3 aromatic rings. The third kappa shape index (κ3) is 6.64. The Morgan fingerprint density at radius 3 is 2.65 bits per heavy atom. The molecule has 7 rings (SSSR count). The molecule has 4 atom stereocenters. The second-order valence-electron chi connectivity index (χ2n) is 14.7. The first kappa shape index (κ1) is 35.9. The molecular formula is C37H44N6O7S2. The molecule has 2 saturated carbocycles. The maximum Gasteiger partial charge on any atom is 0.319 e. The fraction of sp³-hybridized carbons (Fsp3) is 0.486. The van der Waals surface area contributed by atoms with E-state index in [0.717, 1.165) is 16.1 Å². The number of rotatable bonds is 9. The molecule has 0 bridgehead atoms. The fourth-order valence-electron chi connectivity index (χ4n) is 6.77. The van der Waals surface area contributed by atoms with Gasteiger partial charge in [-0.2, -0.15) is 0 Å². The molecule has 0 spiro atoms. The van der Waals surface area contributed by atoms with E-state index in [-0.39, 0.29) is 30.8 Å². The summed E-state index contributed by atoms with van der Waals surface area (Å²) < 4.78 is 39.3. The monoisotopic (exact) mass is 748 g/mol. The second kappa shape index (κ2) is 13.5. The predicted octanol–water partition coefficient (Wildman–Crippen LogP) is 5.10. The number of ether oxygens (including phenoxy) is 2. The molecular weight excluding hydrogens is 705 g/mol. The van der Waals surface area contributed by atoms with E-state index < -0.39 is 44.3 Å². The average Bonchev–Trinajstić information content (AvgIpc) is 3.95. The van der Waals surface area contributed by atoms with Crippen molar-refractivity contribution in [3.63, 3.8) is 0 Å². The van der Waals surface area contributed by atoms with Gasteiger partial charge in [0.15, 0.2) is 0 Å². The third-order valence-corrected chi connectivity index (χ3v) is 13.7. The topological polar surface area (TPSA) is 160 Å². The van der Waals surface area contributed by atoms with Crippen molar-refractivity contribution >= 4 is 50.1 Å². The van der Waals surface area contributed by atoms with Crippen LogP contribution in [0.3, 0.4) is 0 Å². The molecule has 0 radical (unpaired) electrons. The molecule has 0 unspecified atom stereocenters. The Kier molecular flexibility index (Phi) is 9.30. The van der Waals surface area contributed by atoms with Gasteiger partial charge in [-0.25, -0.2) is 23.2 Å². The largest absolute Gasteiger partial charge is 0.497 e. The number of urea groups is 1. The van der Waals surface area contributed by atoms with Crippen LogP contribution in [0.5, 0.6) is 11.5 Å². The van der Waals surface area contributed by atoms with Crippen molar-refractivity contribution in [2.24, 2.45) is 5.92 Å². The van der Waals surface area contributed by atoms with Gasteiger partial charge in [0.1, 0.15) is 40.4 Å². The van der Waals surface area contributed by atoms with E-state index in [0.29, 0.717) is 54.8 Å². The van der Waals surface area contributed by atoms with Gasteiger partial charge in [0.25, 0.3) is 5.91 Å². The van der Waals surface area contributed by atoms with Crippen LogP contribution in [0, 0.1) is 5.92 Å². The summed E-state index contributed by atoms with van der Waals surface area (Å²) in [5.41, 5.74) is 0.817. The van der Waals surface area contributed by atoms with Crippen molar-refractivity contribution in [1.29, 1.82) is 0 Å². The number of carbonyl (C=O) groups is 3. The number of benzene rings is 1. The first-order chi connectivity index (χ1) is 24.7. The van der Waals surface area contributed by atoms with Crippen molar-refractivity contribution in [1.82, 2.24) is 29.8 Å². The van der Waals surface area contributed by atoms with Crippen LogP contribution in [0.25, 0.3) is 21.6 Å². The standard InChI is InChI=1S/C37H44N6O7S2/c1-22(2)29-21-51-32(39-29)28-18-31(26-12-11-25(49-5)17-27(26)38-28)50-20-24-16-30-33(44)42(4)15-9-7-6-8-10-23-19-37(23,40-35(46)43(24)30)34(45)41-52(47,48)36(3)13-14-36/h6,8-9,11-12,15,17-18,21-24,30H,7,10,13-14,16,19-20H2,1-5H3,(H,40,46)(H,41,45)/b8-6+,15-9-/t23-,24+,30+,37-/m1/s1. The molecule has 276 valence electrons. The lowest BCUT2D eigenvalue weighted by Gasteiger charge is -2.48. The number of sulfonamides is 1. The van der Waals surface area contributed by atoms with Crippen LogP contribution in [0.2, 0.25) is 0 Å². The Labute approximate surface area is 307 Å². The van der Waals surface area contributed by atoms with Gasteiger partial charge in [0, 0.05) is 42.6 Å². The highest BCUT2D eigenvalue weighted by Gasteiger charge is 2.64. The minimum Gasteiger partial charge on any atom is -0.497 e. The van der Waals surface area contributed by atoms with E-state index in [1.807, 2.05) is 47.9 Å². The van der Waals surface area contributed by atoms with Crippen LogP contribution in [0.15, 0.2) is 54.1 Å². The molecule has 13 nitrogen and oxygen atoms in total. The number of likely N-dealkylation sites (N-methyl/N-ethyl adjacent to an activating group) is 1. The number of hydrogen-bond donors (Lipinski definition) is 2. The van der Waals surface area contributed by atoms with Crippen LogP contribution >= 0.6 is 11.3 Å². The predicted molar refractivity (Wildman–Crippen MR) is 197 cm³/mol. The zero-order valence-corrected chi connectivity index (χ0v) is 31.6. The van der Waals surface area contributed by atoms with Gasteiger partial charge in [0.2, 0.25) is 15.9 Å². The Morgan fingerprint density at radius 2 is 1.94 bits per heavy atom. The molecule has 15 heteroatoms. The Hall–Kier alpha value is -4.50. The molecule has 2 aliphatic carbocycles. The number of nitrogens with zero attached hydrogens (tertiary/aromatic N) is 4.